The van der Waals surface area contributed by atoms with Crippen LogP contribution in [0.4, 0.5) is 5.69 Å². The lowest BCUT2D eigenvalue weighted by atomic mass is 10.1. The van der Waals surface area contributed by atoms with Crippen molar-refractivity contribution in [3.05, 3.63) is 24.3 Å². The highest BCUT2D eigenvalue weighted by Crippen LogP contribution is 2.27. The maximum absolute atomic E-state index is 12.1. The molecule has 1 unspecified atom stereocenters. The Kier molecular flexibility index (Phi) is 4.84. The molecule has 21 heavy (non-hydrogen) atoms. The summed E-state index contributed by atoms with van der Waals surface area (Å²) in [6, 6.07) is 6.24. The Labute approximate surface area is 125 Å². The molecule has 1 heterocycles. The van der Waals surface area contributed by atoms with Gasteiger partial charge in [0.1, 0.15) is 6.04 Å². The van der Waals surface area contributed by atoms with Crippen LogP contribution in [-0.2, 0) is 19.4 Å². The average Bonchev–Trinajstić information content (AvgIpc) is 2.46. The van der Waals surface area contributed by atoms with Crippen molar-refractivity contribution >= 4 is 21.5 Å². The lowest BCUT2D eigenvalue weighted by Crippen LogP contribution is -2.56. The Morgan fingerprint density at radius 2 is 2.14 bits per heavy atom. The number of nitrogens with one attached hydrogen (secondary N) is 1. The number of hydrogen-bond acceptors (Lipinski definition) is 6. The predicted molar refractivity (Wildman–Crippen MR) is 80.2 cm³/mol. The third kappa shape index (κ3) is 3.54. The third-order valence-electron chi connectivity index (χ3n) is 3.38. The van der Waals surface area contributed by atoms with Crippen molar-refractivity contribution in [3.63, 3.8) is 0 Å². The van der Waals surface area contributed by atoms with Crippen LogP contribution in [0.2, 0.25) is 0 Å². The summed E-state index contributed by atoms with van der Waals surface area (Å²) in [7, 11) is -3.36. The summed E-state index contributed by atoms with van der Waals surface area (Å²) in [5.74, 6) is -0.340. The van der Waals surface area contributed by atoms with Crippen molar-refractivity contribution in [1.82, 2.24) is 5.32 Å². The molecule has 0 radical (unpaired) electrons. The number of nitrogens with zero attached hydrogens (tertiary/aromatic N) is 1. The fraction of sp³-hybridized carbons (Fsp3) is 0.500. The summed E-state index contributed by atoms with van der Waals surface area (Å²) >= 11 is 0. The molecule has 0 bridgehead atoms. The number of carbonyl (C=O) groups excluding carboxylic acids is 1. The van der Waals surface area contributed by atoms with Gasteiger partial charge in [0, 0.05) is 25.9 Å². The average molecular weight is 312 g/mol. The zero-order chi connectivity index (χ0) is 15.5. The van der Waals surface area contributed by atoms with E-state index in [1.54, 1.807) is 31.2 Å². The minimum Gasteiger partial charge on any atom is -0.464 e. The number of hydrogen-bond donors (Lipinski definition) is 1. The lowest BCUT2D eigenvalue weighted by molar-refractivity contribution is -0.144. The molecule has 7 heteroatoms. The van der Waals surface area contributed by atoms with Crippen LogP contribution < -0.4 is 10.2 Å². The van der Waals surface area contributed by atoms with Crippen molar-refractivity contribution in [2.45, 2.75) is 17.9 Å². The van der Waals surface area contributed by atoms with Crippen molar-refractivity contribution < 1.29 is 17.9 Å². The number of esters is 1. The first kappa shape index (κ1) is 15.8. The van der Waals surface area contributed by atoms with E-state index in [0.29, 0.717) is 31.9 Å². The number of para-hydroxylation sites is 1. The number of rotatable bonds is 4. The maximum atomic E-state index is 12.1. The van der Waals surface area contributed by atoms with Crippen LogP contribution in [0.5, 0.6) is 0 Å². The number of sulfone groups is 1. The van der Waals surface area contributed by atoms with Crippen molar-refractivity contribution in [2.75, 3.05) is 37.4 Å². The van der Waals surface area contributed by atoms with Crippen LogP contribution in [0.1, 0.15) is 6.92 Å². The largest absolute Gasteiger partial charge is 0.464 e. The van der Waals surface area contributed by atoms with E-state index in [1.165, 1.54) is 6.26 Å². The minimum absolute atomic E-state index is 0.237. The van der Waals surface area contributed by atoms with E-state index in [2.05, 4.69) is 5.32 Å². The van der Waals surface area contributed by atoms with Crippen LogP contribution in [0.15, 0.2) is 29.2 Å². The first-order chi connectivity index (χ1) is 9.95. The van der Waals surface area contributed by atoms with E-state index >= 15 is 0 Å². The highest BCUT2D eigenvalue weighted by Gasteiger charge is 2.32. The second kappa shape index (κ2) is 6.44. The van der Waals surface area contributed by atoms with Gasteiger partial charge in [0.25, 0.3) is 0 Å². The minimum atomic E-state index is -3.36. The van der Waals surface area contributed by atoms with Crippen LogP contribution in [0.3, 0.4) is 0 Å². The molecular weight excluding hydrogens is 292 g/mol. The normalized spacial score (nSPS) is 19.3. The number of carbonyl (C=O) groups is 1. The second-order valence-electron chi connectivity index (χ2n) is 4.91. The molecule has 0 amide bonds. The number of anilines is 1. The highest BCUT2D eigenvalue weighted by molar-refractivity contribution is 7.90. The summed E-state index contributed by atoms with van der Waals surface area (Å²) < 4.78 is 29.0. The van der Waals surface area contributed by atoms with Gasteiger partial charge in [0.2, 0.25) is 0 Å². The summed E-state index contributed by atoms with van der Waals surface area (Å²) in [4.78, 5) is 14.1. The summed E-state index contributed by atoms with van der Waals surface area (Å²) in [5, 5.41) is 3.14. The van der Waals surface area contributed by atoms with Gasteiger partial charge in [-0.25, -0.2) is 13.2 Å². The first-order valence-electron chi connectivity index (χ1n) is 6.88. The van der Waals surface area contributed by atoms with Gasteiger partial charge in [0.05, 0.1) is 17.2 Å². The summed E-state index contributed by atoms with van der Waals surface area (Å²) in [6.45, 7) is 3.74. The van der Waals surface area contributed by atoms with Gasteiger partial charge >= 0.3 is 5.97 Å². The first-order valence-corrected chi connectivity index (χ1v) is 8.77. The van der Waals surface area contributed by atoms with Crippen molar-refractivity contribution in [3.8, 4) is 0 Å². The van der Waals surface area contributed by atoms with E-state index < -0.39 is 15.9 Å². The Morgan fingerprint density at radius 1 is 1.43 bits per heavy atom. The lowest BCUT2D eigenvalue weighted by Gasteiger charge is -2.37. The monoisotopic (exact) mass is 312 g/mol. The number of ether oxygens (including phenoxy) is 1. The molecule has 0 spiro atoms. The topological polar surface area (TPSA) is 75.7 Å². The predicted octanol–water partition coefficient (Wildman–Crippen LogP) is 0.431. The molecule has 1 aliphatic heterocycles. The van der Waals surface area contributed by atoms with E-state index in [0.717, 1.165) is 0 Å². The molecule has 2 rings (SSSR count). The Bertz CT molecular complexity index is 615. The zero-order valence-corrected chi connectivity index (χ0v) is 13.0. The molecule has 1 fully saturated rings. The quantitative estimate of drug-likeness (QED) is 0.813. The molecule has 1 saturated heterocycles. The molecule has 0 saturated carbocycles. The smallest absolute Gasteiger partial charge is 0.330 e. The fourth-order valence-corrected chi connectivity index (χ4v) is 3.34. The number of benzene rings is 1. The van der Waals surface area contributed by atoms with Crippen molar-refractivity contribution in [1.29, 1.82) is 0 Å². The van der Waals surface area contributed by atoms with Crippen LogP contribution in [-0.4, -0.2) is 52.9 Å². The maximum Gasteiger partial charge on any atom is 0.330 e. The standard InChI is InChI=1S/C14H20N2O4S/c1-3-20-14(17)12-10-15-8-9-16(12)11-6-4-5-7-13(11)21(2,18)19/h4-7,12,15H,3,8-10H2,1-2H3. The summed E-state index contributed by atoms with van der Waals surface area (Å²) in [6.07, 6.45) is 1.17. The van der Waals surface area contributed by atoms with E-state index in [9.17, 15) is 13.2 Å². The van der Waals surface area contributed by atoms with Gasteiger partial charge < -0.3 is 15.0 Å². The van der Waals surface area contributed by atoms with Crippen LogP contribution in [0, 0.1) is 0 Å². The SMILES string of the molecule is CCOC(=O)C1CNCCN1c1ccccc1S(C)(=O)=O. The van der Waals surface area contributed by atoms with Gasteiger partial charge in [-0.3, -0.25) is 0 Å². The molecule has 0 aromatic heterocycles. The van der Waals surface area contributed by atoms with Crippen LogP contribution in [0.25, 0.3) is 0 Å². The fourth-order valence-electron chi connectivity index (χ4n) is 2.45. The molecular formula is C14H20N2O4S. The van der Waals surface area contributed by atoms with Gasteiger partial charge in [-0.1, -0.05) is 12.1 Å². The molecule has 1 aromatic rings. The molecule has 116 valence electrons. The van der Waals surface area contributed by atoms with Crippen LogP contribution >= 0.6 is 0 Å². The number of piperazine rings is 1. The van der Waals surface area contributed by atoms with Crippen molar-refractivity contribution in [2.24, 2.45) is 0 Å². The third-order valence-corrected chi connectivity index (χ3v) is 4.52. The Balaban J connectivity index is 2.41. The zero-order valence-electron chi connectivity index (χ0n) is 12.2. The van der Waals surface area contributed by atoms with Gasteiger partial charge in [-0.05, 0) is 19.1 Å². The molecule has 1 atom stereocenters. The van der Waals surface area contributed by atoms with E-state index in [-0.39, 0.29) is 10.9 Å². The Morgan fingerprint density at radius 3 is 2.81 bits per heavy atom. The highest BCUT2D eigenvalue weighted by atomic mass is 32.2. The van der Waals surface area contributed by atoms with E-state index in [1.807, 2.05) is 4.90 Å². The van der Waals surface area contributed by atoms with Gasteiger partial charge in [0.15, 0.2) is 9.84 Å². The van der Waals surface area contributed by atoms with Gasteiger partial charge in [-0.2, -0.15) is 0 Å². The molecule has 1 N–H and O–H groups in total. The second-order valence-corrected chi connectivity index (χ2v) is 6.89. The van der Waals surface area contributed by atoms with E-state index in [4.69, 9.17) is 4.74 Å². The summed E-state index contributed by atoms with van der Waals surface area (Å²) in [5.41, 5.74) is 0.555. The Hall–Kier alpha value is -1.60. The molecule has 6 nitrogen and oxygen atoms in total. The molecule has 1 aromatic carbocycles. The molecule has 1 aliphatic rings. The molecule has 0 aliphatic carbocycles. The van der Waals surface area contributed by atoms with Gasteiger partial charge in [-0.15, -0.1) is 0 Å².